The van der Waals surface area contributed by atoms with Crippen molar-refractivity contribution in [2.24, 2.45) is 0 Å². The topological polar surface area (TPSA) is 49.8 Å². The van der Waals surface area contributed by atoms with Crippen LogP contribution in [0.25, 0.3) is 0 Å². The fourth-order valence-corrected chi connectivity index (χ4v) is 0.484. The van der Waals surface area contributed by atoms with Crippen LogP contribution < -0.4 is 0 Å². The lowest BCUT2D eigenvalue weighted by molar-refractivity contribution is -0.138. The van der Waals surface area contributed by atoms with Crippen molar-refractivity contribution in [2.75, 3.05) is 0 Å². The highest BCUT2D eigenvalue weighted by atomic mass is 35.5. The summed E-state index contributed by atoms with van der Waals surface area (Å²) in [6.45, 7) is 0. The minimum Gasteiger partial charge on any atom is -0.479 e. The zero-order chi connectivity index (χ0) is 5.44. The van der Waals surface area contributed by atoms with Crippen molar-refractivity contribution in [3.8, 4) is 0 Å². The largest absolute Gasteiger partial charge is 0.479 e. The number of epoxide rings is 1. The summed E-state index contributed by atoms with van der Waals surface area (Å²) in [7, 11) is 0. The molecule has 1 N–H and O–H groups in total. The van der Waals surface area contributed by atoms with Gasteiger partial charge in [0.2, 0.25) is 0 Å². The Kier molecular flexibility index (Phi) is 0.938. The van der Waals surface area contributed by atoms with Crippen molar-refractivity contribution < 1.29 is 14.6 Å². The van der Waals surface area contributed by atoms with Crippen LogP contribution in [-0.2, 0) is 9.53 Å². The lowest BCUT2D eigenvalue weighted by Crippen LogP contribution is -2.04. The summed E-state index contributed by atoms with van der Waals surface area (Å²) >= 11 is 5.14. The molecule has 2 unspecified atom stereocenters. The second-order valence-corrected chi connectivity index (χ2v) is 1.68. The molecular formula is C3H3ClO3. The van der Waals surface area contributed by atoms with Crippen LogP contribution >= 0.6 is 11.6 Å². The monoisotopic (exact) mass is 122 g/mol. The van der Waals surface area contributed by atoms with E-state index in [0.29, 0.717) is 0 Å². The van der Waals surface area contributed by atoms with Gasteiger partial charge in [-0.05, 0) is 0 Å². The molecule has 0 aromatic heterocycles. The number of carboxylic acids is 1. The molecule has 1 aliphatic rings. The predicted molar refractivity (Wildman–Crippen MR) is 22.1 cm³/mol. The minimum absolute atomic E-state index is 0.586. The first-order chi connectivity index (χ1) is 3.22. The van der Waals surface area contributed by atoms with Crippen LogP contribution in [0.3, 0.4) is 0 Å². The van der Waals surface area contributed by atoms with Crippen molar-refractivity contribution in [3.63, 3.8) is 0 Å². The molecule has 40 valence electrons. The summed E-state index contributed by atoms with van der Waals surface area (Å²) in [6, 6.07) is 0. The van der Waals surface area contributed by atoms with E-state index in [0.717, 1.165) is 0 Å². The van der Waals surface area contributed by atoms with Gasteiger partial charge in [-0.1, -0.05) is 11.6 Å². The summed E-state index contributed by atoms with van der Waals surface area (Å²) < 4.78 is 4.34. The van der Waals surface area contributed by atoms with E-state index in [2.05, 4.69) is 4.74 Å². The zero-order valence-corrected chi connectivity index (χ0v) is 4.05. The van der Waals surface area contributed by atoms with E-state index < -0.39 is 17.6 Å². The van der Waals surface area contributed by atoms with Crippen LogP contribution in [0.2, 0.25) is 0 Å². The van der Waals surface area contributed by atoms with Crippen LogP contribution in [0.5, 0.6) is 0 Å². The van der Waals surface area contributed by atoms with Crippen molar-refractivity contribution in [3.05, 3.63) is 0 Å². The average molecular weight is 123 g/mol. The molecule has 1 heterocycles. The van der Waals surface area contributed by atoms with Gasteiger partial charge in [-0.15, -0.1) is 0 Å². The fraction of sp³-hybridized carbons (Fsp3) is 0.667. The van der Waals surface area contributed by atoms with E-state index in [4.69, 9.17) is 16.7 Å². The molecule has 3 nitrogen and oxygen atoms in total. The van der Waals surface area contributed by atoms with Gasteiger partial charge in [-0.3, -0.25) is 0 Å². The van der Waals surface area contributed by atoms with E-state index in [9.17, 15) is 4.79 Å². The number of halogens is 1. The van der Waals surface area contributed by atoms with E-state index in [-0.39, 0.29) is 0 Å². The maximum absolute atomic E-state index is 9.76. The molecule has 0 aromatic rings. The van der Waals surface area contributed by atoms with Gasteiger partial charge in [0.25, 0.3) is 0 Å². The normalized spacial score (nSPS) is 37.9. The summed E-state index contributed by atoms with van der Waals surface area (Å²) in [5.41, 5.74) is -0.586. The number of hydrogen-bond donors (Lipinski definition) is 1. The lowest BCUT2D eigenvalue weighted by atomic mass is 10.5. The Morgan fingerprint density at radius 3 is 2.29 bits per heavy atom. The van der Waals surface area contributed by atoms with E-state index >= 15 is 0 Å². The first-order valence-corrected chi connectivity index (χ1v) is 2.18. The zero-order valence-electron chi connectivity index (χ0n) is 3.30. The highest BCUT2D eigenvalue weighted by Crippen LogP contribution is 2.25. The summed E-state index contributed by atoms with van der Waals surface area (Å²) in [6.07, 6.45) is -0.748. The molecule has 0 bridgehead atoms. The molecule has 0 aromatic carbocycles. The molecule has 1 fully saturated rings. The number of hydrogen-bond acceptors (Lipinski definition) is 2. The molecular weight excluding hydrogens is 119 g/mol. The van der Waals surface area contributed by atoms with E-state index in [1.807, 2.05) is 0 Å². The lowest BCUT2D eigenvalue weighted by Gasteiger charge is -1.73. The quantitative estimate of drug-likeness (QED) is 0.395. The minimum atomic E-state index is -0.986. The SMILES string of the molecule is O=C(O)C1OC1Cl. The predicted octanol–water partition coefficient (Wildman–Crippen LogP) is 0.0347. The van der Waals surface area contributed by atoms with Gasteiger partial charge in [0.15, 0.2) is 11.7 Å². The van der Waals surface area contributed by atoms with Crippen molar-refractivity contribution >= 4 is 17.6 Å². The molecule has 1 rings (SSSR count). The van der Waals surface area contributed by atoms with E-state index in [1.54, 1.807) is 0 Å². The van der Waals surface area contributed by atoms with Crippen LogP contribution in [0, 0.1) is 0 Å². The van der Waals surface area contributed by atoms with Crippen LogP contribution in [0.15, 0.2) is 0 Å². The molecule has 0 amide bonds. The van der Waals surface area contributed by atoms with E-state index in [1.165, 1.54) is 0 Å². The molecule has 0 spiro atoms. The third kappa shape index (κ3) is 0.838. The van der Waals surface area contributed by atoms with Crippen LogP contribution in [0.1, 0.15) is 0 Å². The van der Waals surface area contributed by atoms with Crippen LogP contribution in [-0.4, -0.2) is 22.7 Å². The Labute approximate surface area is 44.8 Å². The average Bonchev–Trinajstić information content (AvgIpc) is 2.17. The molecule has 0 radical (unpaired) electrons. The van der Waals surface area contributed by atoms with Gasteiger partial charge in [0.05, 0.1) is 0 Å². The number of aliphatic carboxylic acids is 1. The molecule has 1 saturated heterocycles. The Balaban J connectivity index is 2.33. The number of rotatable bonds is 1. The number of alkyl halides is 1. The molecule has 4 heteroatoms. The molecule has 2 atom stereocenters. The Morgan fingerprint density at radius 1 is 1.86 bits per heavy atom. The highest BCUT2D eigenvalue weighted by Gasteiger charge is 2.43. The fourth-order valence-electron chi connectivity index (χ4n) is 0.265. The standard InChI is InChI=1S/C3H3ClO3/c4-2-1(7-2)3(5)6/h1-2H,(H,5,6). The Bertz CT molecular complexity index is 102. The molecule has 0 aliphatic carbocycles. The smallest absolute Gasteiger partial charge is 0.336 e. The Hall–Kier alpha value is -0.280. The van der Waals surface area contributed by atoms with Gasteiger partial charge >= 0.3 is 5.97 Å². The maximum Gasteiger partial charge on any atom is 0.336 e. The van der Waals surface area contributed by atoms with Gasteiger partial charge in [-0.2, -0.15) is 0 Å². The first-order valence-electron chi connectivity index (χ1n) is 1.74. The Morgan fingerprint density at radius 2 is 2.29 bits per heavy atom. The summed E-state index contributed by atoms with van der Waals surface area (Å²) in [5, 5.41) is 8.01. The van der Waals surface area contributed by atoms with Gasteiger partial charge in [0, 0.05) is 0 Å². The van der Waals surface area contributed by atoms with Gasteiger partial charge in [-0.25, -0.2) is 4.79 Å². The number of carbonyl (C=O) groups is 1. The third-order valence-electron chi connectivity index (χ3n) is 0.681. The summed E-state index contributed by atoms with van der Waals surface area (Å²) in [5.74, 6) is -0.986. The van der Waals surface area contributed by atoms with Crippen molar-refractivity contribution in [1.29, 1.82) is 0 Å². The number of ether oxygens (including phenoxy) is 1. The number of carboxylic acid groups (broad SMARTS) is 1. The first kappa shape index (κ1) is 4.87. The maximum atomic E-state index is 9.76. The molecule has 7 heavy (non-hydrogen) atoms. The van der Waals surface area contributed by atoms with Gasteiger partial charge in [0.1, 0.15) is 0 Å². The van der Waals surface area contributed by atoms with Crippen molar-refractivity contribution in [1.82, 2.24) is 0 Å². The molecule has 0 saturated carbocycles. The van der Waals surface area contributed by atoms with Gasteiger partial charge < -0.3 is 9.84 Å². The third-order valence-corrected chi connectivity index (χ3v) is 1.01. The van der Waals surface area contributed by atoms with Crippen molar-refractivity contribution in [2.45, 2.75) is 11.7 Å². The highest BCUT2D eigenvalue weighted by molar-refractivity contribution is 6.23. The second kappa shape index (κ2) is 1.35. The van der Waals surface area contributed by atoms with Crippen LogP contribution in [0.4, 0.5) is 0 Å². The summed E-state index contributed by atoms with van der Waals surface area (Å²) in [4.78, 5) is 9.76. The second-order valence-electron chi connectivity index (χ2n) is 1.25. The molecule has 1 aliphatic heterocycles.